The second-order valence-electron chi connectivity index (χ2n) is 5.42. The van der Waals surface area contributed by atoms with Gasteiger partial charge in [-0.2, -0.15) is 0 Å². The first-order valence-corrected chi connectivity index (χ1v) is 7.24. The fourth-order valence-electron chi connectivity index (χ4n) is 1.97. The number of nitrogens with two attached hydrogens (primary N) is 1. The highest BCUT2D eigenvalue weighted by molar-refractivity contribution is 5.94. The van der Waals surface area contributed by atoms with Crippen LogP contribution in [0.3, 0.4) is 0 Å². The van der Waals surface area contributed by atoms with Crippen LogP contribution in [0.15, 0.2) is 18.2 Å². The maximum atomic E-state index is 12.2. The summed E-state index contributed by atoms with van der Waals surface area (Å²) in [5.74, 6) is 0.702. The first-order chi connectivity index (χ1) is 9.49. The van der Waals surface area contributed by atoms with E-state index in [4.69, 9.17) is 10.5 Å². The first kappa shape index (κ1) is 16.5. The SMILES string of the molecule is CCCOc1cc(C)ccc1NC(=O)C(CN)C(C)C. The third kappa shape index (κ3) is 4.53. The molecule has 1 aromatic rings. The van der Waals surface area contributed by atoms with Gasteiger partial charge in [0.25, 0.3) is 0 Å². The summed E-state index contributed by atoms with van der Waals surface area (Å²) in [6.45, 7) is 9.04. The molecule has 1 amide bonds. The largest absolute Gasteiger partial charge is 0.491 e. The van der Waals surface area contributed by atoms with Crippen molar-refractivity contribution in [2.24, 2.45) is 17.6 Å². The summed E-state index contributed by atoms with van der Waals surface area (Å²) in [5, 5.41) is 2.94. The molecule has 1 aromatic carbocycles. The molecule has 0 saturated carbocycles. The highest BCUT2D eigenvalue weighted by atomic mass is 16.5. The minimum absolute atomic E-state index is 0.0484. The number of hydrogen-bond donors (Lipinski definition) is 2. The van der Waals surface area contributed by atoms with Crippen LogP contribution < -0.4 is 15.8 Å². The molecule has 3 N–H and O–H groups in total. The quantitative estimate of drug-likeness (QED) is 0.806. The standard InChI is InChI=1S/C16H26N2O2/c1-5-8-20-15-9-12(4)6-7-14(15)18-16(19)13(10-17)11(2)3/h6-7,9,11,13H,5,8,10,17H2,1-4H3,(H,18,19). The van der Waals surface area contributed by atoms with Gasteiger partial charge in [-0.3, -0.25) is 4.79 Å². The second-order valence-corrected chi connectivity index (χ2v) is 5.42. The van der Waals surface area contributed by atoms with Crippen molar-refractivity contribution in [2.75, 3.05) is 18.5 Å². The molecule has 0 aliphatic rings. The molecule has 0 bridgehead atoms. The van der Waals surface area contributed by atoms with Gasteiger partial charge in [0.1, 0.15) is 5.75 Å². The maximum absolute atomic E-state index is 12.2. The Morgan fingerprint density at radius 1 is 1.40 bits per heavy atom. The molecule has 1 unspecified atom stereocenters. The molecule has 4 nitrogen and oxygen atoms in total. The monoisotopic (exact) mass is 278 g/mol. The van der Waals surface area contributed by atoms with Crippen LogP contribution >= 0.6 is 0 Å². The number of amides is 1. The van der Waals surface area contributed by atoms with E-state index in [2.05, 4.69) is 12.2 Å². The van der Waals surface area contributed by atoms with Crippen LogP contribution in [-0.4, -0.2) is 19.1 Å². The van der Waals surface area contributed by atoms with Crippen LogP contribution in [0.4, 0.5) is 5.69 Å². The van der Waals surface area contributed by atoms with Crippen LogP contribution in [0.2, 0.25) is 0 Å². The molecular weight excluding hydrogens is 252 g/mol. The molecular formula is C16H26N2O2. The van der Waals surface area contributed by atoms with Crippen molar-refractivity contribution in [3.63, 3.8) is 0 Å². The Morgan fingerprint density at radius 3 is 2.65 bits per heavy atom. The maximum Gasteiger partial charge on any atom is 0.229 e. The summed E-state index contributed by atoms with van der Waals surface area (Å²) < 4.78 is 5.70. The van der Waals surface area contributed by atoms with Crippen LogP contribution in [0.1, 0.15) is 32.8 Å². The number of anilines is 1. The zero-order chi connectivity index (χ0) is 15.1. The molecule has 0 radical (unpaired) electrons. The van der Waals surface area contributed by atoms with E-state index in [0.29, 0.717) is 18.8 Å². The smallest absolute Gasteiger partial charge is 0.229 e. The van der Waals surface area contributed by atoms with Gasteiger partial charge in [0.2, 0.25) is 5.91 Å². The van der Waals surface area contributed by atoms with E-state index >= 15 is 0 Å². The molecule has 0 aromatic heterocycles. The lowest BCUT2D eigenvalue weighted by atomic mass is 9.95. The molecule has 0 aliphatic heterocycles. The first-order valence-electron chi connectivity index (χ1n) is 7.24. The fourth-order valence-corrected chi connectivity index (χ4v) is 1.97. The van der Waals surface area contributed by atoms with Gasteiger partial charge in [-0.1, -0.05) is 26.8 Å². The Hall–Kier alpha value is -1.55. The van der Waals surface area contributed by atoms with E-state index < -0.39 is 0 Å². The number of carbonyl (C=O) groups excluding carboxylic acids is 1. The lowest BCUT2D eigenvalue weighted by molar-refractivity contribution is -0.120. The van der Waals surface area contributed by atoms with Gasteiger partial charge in [-0.15, -0.1) is 0 Å². The van der Waals surface area contributed by atoms with Crippen molar-refractivity contribution < 1.29 is 9.53 Å². The zero-order valence-electron chi connectivity index (χ0n) is 12.9. The summed E-state index contributed by atoms with van der Waals surface area (Å²) in [7, 11) is 0. The Morgan fingerprint density at radius 2 is 2.10 bits per heavy atom. The Balaban J connectivity index is 2.87. The molecule has 20 heavy (non-hydrogen) atoms. The van der Waals surface area contributed by atoms with Crippen molar-refractivity contribution in [1.82, 2.24) is 0 Å². The Bertz CT molecular complexity index is 444. The summed E-state index contributed by atoms with van der Waals surface area (Å²) in [6, 6.07) is 5.78. The van der Waals surface area contributed by atoms with Crippen molar-refractivity contribution in [2.45, 2.75) is 34.1 Å². The molecule has 0 saturated heterocycles. The highest BCUT2D eigenvalue weighted by Crippen LogP contribution is 2.27. The van der Waals surface area contributed by atoms with E-state index in [1.54, 1.807) is 0 Å². The van der Waals surface area contributed by atoms with Crippen LogP contribution in [0.25, 0.3) is 0 Å². The second kappa shape index (κ2) is 7.90. The Kier molecular flexibility index (Phi) is 6.52. The third-order valence-corrected chi connectivity index (χ3v) is 3.25. The summed E-state index contributed by atoms with van der Waals surface area (Å²) in [5.41, 5.74) is 7.50. The molecule has 112 valence electrons. The number of nitrogens with one attached hydrogen (secondary N) is 1. The van der Waals surface area contributed by atoms with Crippen molar-refractivity contribution in [3.05, 3.63) is 23.8 Å². The molecule has 0 heterocycles. The molecule has 0 aliphatic carbocycles. The van der Waals surface area contributed by atoms with Gasteiger partial charge in [0, 0.05) is 6.54 Å². The predicted octanol–water partition coefficient (Wildman–Crippen LogP) is 2.95. The van der Waals surface area contributed by atoms with Crippen LogP contribution in [0, 0.1) is 18.8 Å². The lowest BCUT2D eigenvalue weighted by Crippen LogP contribution is -2.33. The third-order valence-electron chi connectivity index (χ3n) is 3.25. The summed E-state index contributed by atoms with van der Waals surface area (Å²) >= 11 is 0. The van der Waals surface area contributed by atoms with Gasteiger partial charge < -0.3 is 15.8 Å². The average Bonchev–Trinajstić information content (AvgIpc) is 2.39. The average molecular weight is 278 g/mol. The van der Waals surface area contributed by atoms with E-state index in [1.807, 2.05) is 39.0 Å². The normalized spacial score (nSPS) is 12.3. The van der Waals surface area contributed by atoms with Gasteiger partial charge in [-0.25, -0.2) is 0 Å². The van der Waals surface area contributed by atoms with E-state index in [0.717, 1.165) is 17.7 Å². The molecule has 1 atom stereocenters. The van der Waals surface area contributed by atoms with E-state index in [1.165, 1.54) is 0 Å². The molecule has 1 rings (SSSR count). The number of benzene rings is 1. The van der Waals surface area contributed by atoms with Gasteiger partial charge in [0.15, 0.2) is 0 Å². The van der Waals surface area contributed by atoms with E-state index in [9.17, 15) is 4.79 Å². The fraction of sp³-hybridized carbons (Fsp3) is 0.562. The Labute approximate surface area is 121 Å². The van der Waals surface area contributed by atoms with Gasteiger partial charge in [-0.05, 0) is 37.0 Å². The van der Waals surface area contributed by atoms with Crippen LogP contribution in [-0.2, 0) is 4.79 Å². The molecule has 4 heteroatoms. The van der Waals surface area contributed by atoms with Crippen molar-refractivity contribution in [1.29, 1.82) is 0 Å². The lowest BCUT2D eigenvalue weighted by Gasteiger charge is -2.20. The number of aryl methyl sites for hydroxylation is 1. The summed E-state index contributed by atoms with van der Waals surface area (Å²) in [4.78, 5) is 12.2. The predicted molar refractivity (Wildman–Crippen MR) is 83.0 cm³/mol. The zero-order valence-corrected chi connectivity index (χ0v) is 12.9. The van der Waals surface area contributed by atoms with Crippen molar-refractivity contribution >= 4 is 11.6 Å². The topological polar surface area (TPSA) is 64.3 Å². The minimum Gasteiger partial charge on any atom is -0.491 e. The highest BCUT2D eigenvalue weighted by Gasteiger charge is 2.21. The molecule has 0 spiro atoms. The number of carbonyl (C=O) groups is 1. The van der Waals surface area contributed by atoms with E-state index in [-0.39, 0.29) is 17.7 Å². The van der Waals surface area contributed by atoms with Crippen molar-refractivity contribution in [3.8, 4) is 5.75 Å². The van der Waals surface area contributed by atoms with Crippen LogP contribution in [0.5, 0.6) is 5.75 Å². The summed E-state index contributed by atoms with van der Waals surface area (Å²) in [6.07, 6.45) is 0.929. The number of ether oxygens (including phenoxy) is 1. The number of rotatable bonds is 7. The minimum atomic E-state index is -0.185. The van der Waals surface area contributed by atoms with Gasteiger partial charge in [0.05, 0.1) is 18.2 Å². The molecule has 0 fully saturated rings. The number of hydrogen-bond acceptors (Lipinski definition) is 3. The van der Waals surface area contributed by atoms with Gasteiger partial charge >= 0.3 is 0 Å².